The number of aromatic nitrogens is 2. The van der Waals surface area contributed by atoms with E-state index in [1.165, 1.54) is 28.8 Å². The van der Waals surface area contributed by atoms with Crippen LogP contribution in [-0.2, 0) is 6.54 Å². The molecule has 0 unspecified atom stereocenters. The van der Waals surface area contributed by atoms with Gasteiger partial charge in [0.1, 0.15) is 5.56 Å². The highest BCUT2D eigenvalue weighted by molar-refractivity contribution is 5.99. The first-order chi connectivity index (χ1) is 17.4. The number of hydrogen-bond acceptors (Lipinski definition) is 4. The number of likely N-dealkylation sites (tertiary alicyclic amines) is 1. The zero-order valence-electron chi connectivity index (χ0n) is 20.3. The van der Waals surface area contributed by atoms with Crippen molar-refractivity contribution < 1.29 is 19.5 Å². The van der Waals surface area contributed by atoms with Crippen molar-refractivity contribution in [2.45, 2.75) is 32.2 Å². The topological polar surface area (TPSA) is 137 Å². The molecule has 3 aromatic rings. The Kier molecular flexibility index (Phi) is 7.72. The zero-order valence-corrected chi connectivity index (χ0v) is 20.3. The van der Waals surface area contributed by atoms with Gasteiger partial charge in [0.25, 0.3) is 17.4 Å². The van der Waals surface area contributed by atoms with E-state index >= 15 is 0 Å². The largest absolute Gasteiger partial charge is 0.465 e. The number of carbonyl (C=O) groups is 3. The molecule has 3 amide bonds. The summed E-state index contributed by atoms with van der Waals surface area (Å²) < 4.78 is 1.40. The van der Waals surface area contributed by atoms with E-state index in [0.29, 0.717) is 25.6 Å². The number of carboxylic acid groups (broad SMARTS) is 1. The van der Waals surface area contributed by atoms with Crippen LogP contribution in [0.5, 0.6) is 0 Å². The van der Waals surface area contributed by atoms with E-state index in [0.717, 1.165) is 42.1 Å². The standard InChI is InChI=1S/C26H31N5O5/c1-27-24(33)21-14-19(23(32)29-10-3-4-17-8-12-30(13-9-17)26(35)36)16-31(25(21)34)15-18-5-2-6-22-20(18)7-11-28-22/h2,5-7,11,14,16-17,28H,3-4,8-10,12-13,15H2,1H3,(H,27,33)(H,29,32)(H,35,36). The van der Waals surface area contributed by atoms with E-state index in [9.17, 15) is 19.2 Å². The number of nitrogens with zero attached hydrogens (tertiary/aromatic N) is 2. The van der Waals surface area contributed by atoms with Gasteiger partial charge in [-0.2, -0.15) is 0 Å². The normalized spacial score (nSPS) is 14.1. The molecule has 0 saturated carbocycles. The summed E-state index contributed by atoms with van der Waals surface area (Å²) in [6.07, 6.45) is 5.77. The summed E-state index contributed by atoms with van der Waals surface area (Å²) in [6, 6.07) is 9.01. The molecule has 3 heterocycles. The van der Waals surface area contributed by atoms with E-state index in [4.69, 9.17) is 5.11 Å². The van der Waals surface area contributed by atoms with Crippen molar-refractivity contribution in [3.8, 4) is 0 Å². The lowest BCUT2D eigenvalue weighted by atomic mass is 9.92. The fourth-order valence-corrected chi connectivity index (χ4v) is 4.75. The quantitative estimate of drug-likeness (QED) is 0.358. The van der Waals surface area contributed by atoms with E-state index in [2.05, 4.69) is 15.6 Å². The summed E-state index contributed by atoms with van der Waals surface area (Å²) in [5, 5.41) is 15.4. The van der Waals surface area contributed by atoms with Gasteiger partial charge in [-0.05, 0) is 55.4 Å². The van der Waals surface area contributed by atoms with Gasteiger partial charge in [0.05, 0.1) is 12.1 Å². The second-order valence-electron chi connectivity index (χ2n) is 9.12. The van der Waals surface area contributed by atoms with Crippen molar-refractivity contribution in [3.63, 3.8) is 0 Å². The van der Waals surface area contributed by atoms with Crippen LogP contribution in [0.3, 0.4) is 0 Å². The lowest BCUT2D eigenvalue weighted by Crippen LogP contribution is -2.37. The molecule has 36 heavy (non-hydrogen) atoms. The Labute approximate surface area is 208 Å². The van der Waals surface area contributed by atoms with E-state index in [1.54, 1.807) is 0 Å². The first-order valence-electron chi connectivity index (χ1n) is 12.1. The Morgan fingerprint density at radius 3 is 2.64 bits per heavy atom. The van der Waals surface area contributed by atoms with Gasteiger partial charge >= 0.3 is 6.09 Å². The van der Waals surface area contributed by atoms with Crippen molar-refractivity contribution in [2.24, 2.45) is 5.92 Å². The van der Waals surface area contributed by atoms with Gasteiger partial charge in [0.15, 0.2) is 0 Å². The predicted octanol–water partition coefficient (Wildman–Crippen LogP) is 2.64. The molecule has 0 spiro atoms. The summed E-state index contributed by atoms with van der Waals surface area (Å²) in [6.45, 7) is 1.77. The molecule has 4 N–H and O–H groups in total. The fourth-order valence-electron chi connectivity index (χ4n) is 4.75. The van der Waals surface area contributed by atoms with E-state index in [1.807, 2.05) is 30.5 Å². The Morgan fingerprint density at radius 1 is 1.14 bits per heavy atom. The number of benzene rings is 1. The monoisotopic (exact) mass is 493 g/mol. The molecule has 0 radical (unpaired) electrons. The summed E-state index contributed by atoms with van der Waals surface area (Å²) >= 11 is 0. The van der Waals surface area contributed by atoms with Crippen molar-refractivity contribution in [2.75, 3.05) is 26.7 Å². The number of H-pyrrole nitrogens is 1. The molecule has 2 aromatic heterocycles. The minimum absolute atomic E-state index is 0.0865. The van der Waals surface area contributed by atoms with Gasteiger partial charge in [0.2, 0.25) is 0 Å². The predicted molar refractivity (Wildman–Crippen MR) is 135 cm³/mol. The molecule has 1 aromatic carbocycles. The fraction of sp³-hybridized carbons (Fsp3) is 0.385. The zero-order chi connectivity index (χ0) is 25.7. The summed E-state index contributed by atoms with van der Waals surface area (Å²) in [5.74, 6) is -0.458. The number of nitrogens with one attached hydrogen (secondary N) is 3. The number of fused-ring (bicyclic) bond motifs is 1. The Morgan fingerprint density at radius 2 is 1.92 bits per heavy atom. The average Bonchev–Trinajstić information content (AvgIpc) is 3.37. The smallest absolute Gasteiger partial charge is 0.407 e. The van der Waals surface area contributed by atoms with Crippen LogP contribution in [0.4, 0.5) is 4.79 Å². The number of piperidine rings is 1. The summed E-state index contributed by atoms with van der Waals surface area (Å²) in [5.41, 5.74) is 1.52. The van der Waals surface area contributed by atoms with Crippen LogP contribution in [0.1, 0.15) is 52.0 Å². The van der Waals surface area contributed by atoms with Crippen LogP contribution in [0.25, 0.3) is 10.9 Å². The Bertz CT molecular complexity index is 1320. The molecular formula is C26H31N5O5. The third-order valence-corrected chi connectivity index (χ3v) is 6.81. The number of amides is 3. The molecule has 1 aliphatic rings. The van der Waals surface area contributed by atoms with Crippen LogP contribution in [0, 0.1) is 5.92 Å². The third kappa shape index (κ3) is 5.59. The van der Waals surface area contributed by atoms with E-state index < -0.39 is 17.6 Å². The van der Waals surface area contributed by atoms with Crippen molar-refractivity contribution in [1.29, 1.82) is 0 Å². The molecule has 10 nitrogen and oxygen atoms in total. The highest BCUT2D eigenvalue weighted by Crippen LogP contribution is 2.22. The number of carbonyl (C=O) groups excluding carboxylic acids is 2. The molecular weight excluding hydrogens is 462 g/mol. The second-order valence-corrected chi connectivity index (χ2v) is 9.12. The van der Waals surface area contributed by atoms with Gasteiger partial charge in [0, 0.05) is 50.0 Å². The molecule has 10 heteroatoms. The Hall–Kier alpha value is -4.08. The van der Waals surface area contributed by atoms with Crippen LogP contribution < -0.4 is 16.2 Å². The third-order valence-electron chi connectivity index (χ3n) is 6.81. The number of rotatable bonds is 8. The molecule has 4 rings (SSSR count). The van der Waals surface area contributed by atoms with Crippen LogP contribution in [0.2, 0.25) is 0 Å². The number of hydrogen-bond donors (Lipinski definition) is 4. The van der Waals surface area contributed by atoms with Crippen LogP contribution in [-0.4, -0.2) is 64.1 Å². The molecule has 1 aliphatic heterocycles. The highest BCUT2D eigenvalue weighted by Gasteiger charge is 2.22. The van der Waals surface area contributed by atoms with Gasteiger partial charge in [-0.25, -0.2) is 4.79 Å². The lowest BCUT2D eigenvalue weighted by molar-refractivity contribution is 0.0948. The Balaban J connectivity index is 1.44. The summed E-state index contributed by atoms with van der Waals surface area (Å²) in [7, 11) is 1.44. The first kappa shape index (κ1) is 25.0. The van der Waals surface area contributed by atoms with Gasteiger partial charge in [-0.1, -0.05) is 12.1 Å². The van der Waals surface area contributed by atoms with Gasteiger partial charge in [-0.15, -0.1) is 0 Å². The maximum absolute atomic E-state index is 13.0. The van der Waals surface area contributed by atoms with Gasteiger partial charge in [-0.3, -0.25) is 14.4 Å². The number of aromatic amines is 1. The molecule has 1 fully saturated rings. The molecule has 0 bridgehead atoms. The SMILES string of the molecule is CNC(=O)c1cc(C(=O)NCCCC2CCN(C(=O)O)CC2)cn(Cc2cccc3[nH]ccc23)c1=O. The highest BCUT2D eigenvalue weighted by atomic mass is 16.4. The average molecular weight is 494 g/mol. The van der Waals surface area contributed by atoms with Crippen LogP contribution >= 0.6 is 0 Å². The minimum Gasteiger partial charge on any atom is -0.465 e. The summed E-state index contributed by atoms with van der Waals surface area (Å²) in [4.78, 5) is 54.0. The maximum Gasteiger partial charge on any atom is 0.407 e. The van der Waals surface area contributed by atoms with Crippen LogP contribution in [0.15, 0.2) is 47.5 Å². The molecule has 0 atom stereocenters. The second kappa shape index (κ2) is 11.1. The van der Waals surface area contributed by atoms with E-state index in [-0.39, 0.29) is 23.6 Å². The minimum atomic E-state index is -0.872. The molecule has 0 aliphatic carbocycles. The number of pyridine rings is 1. The van der Waals surface area contributed by atoms with Crippen molar-refractivity contribution in [3.05, 3.63) is 69.8 Å². The lowest BCUT2D eigenvalue weighted by Gasteiger charge is -2.29. The van der Waals surface area contributed by atoms with Crippen molar-refractivity contribution in [1.82, 2.24) is 25.1 Å². The maximum atomic E-state index is 13.0. The first-order valence-corrected chi connectivity index (χ1v) is 12.1. The van der Waals surface area contributed by atoms with Gasteiger partial charge < -0.3 is 30.2 Å². The van der Waals surface area contributed by atoms with Crippen molar-refractivity contribution >= 4 is 28.8 Å². The molecule has 1 saturated heterocycles. The molecule has 190 valence electrons.